The molecule has 1 saturated carbocycles. The van der Waals surface area contributed by atoms with E-state index in [0.29, 0.717) is 19.0 Å². The molecule has 0 spiro atoms. The third-order valence-electron chi connectivity index (χ3n) is 4.84. The molecule has 8 heteroatoms. The van der Waals surface area contributed by atoms with Crippen molar-refractivity contribution in [3.05, 3.63) is 53.6 Å². The van der Waals surface area contributed by atoms with Gasteiger partial charge in [-0.25, -0.2) is 0 Å². The minimum atomic E-state index is -0.0447. The van der Waals surface area contributed by atoms with Crippen LogP contribution in [0, 0.1) is 12.8 Å². The molecule has 2 aromatic carbocycles. The highest BCUT2D eigenvalue weighted by molar-refractivity contribution is 5.95. The Balaban J connectivity index is 1.35. The monoisotopic (exact) mass is 393 g/mol. The summed E-state index contributed by atoms with van der Waals surface area (Å²) in [7, 11) is 0. The number of carbonyl (C=O) groups excluding carboxylic acids is 1. The van der Waals surface area contributed by atoms with Crippen molar-refractivity contribution in [2.45, 2.75) is 33.0 Å². The topological polar surface area (TPSA) is 102 Å². The Morgan fingerprint density at radius 3 is 2.93 bits per heavy atom. The van der Waals surface area contributed by atoms with Crippen molar-refractivity contribution in [3.8, 4) is 17.1 Å². The molecule has 1 aliphatic carbocycles. The highest BCUT2D eigenvalue weighted by Gasteiger charge is 2.44. The van der Waals surface area contributed by atoms with Crippen molar-refractivity contribution >= 4 is 11.6 Å². The Bertz CT molecular complexity index is 990. The van der Waals surface area contributed by atoms with Crippen LogP contribution in [-0.4, -0.2) is 39.2 Å². The van der Waals surface area contributed by atoms with Gasteiger partial charge in [0, 0.05) is 17.9 Å². The van der Waals surface area contributed by atoms with E-state index >= 15 is 0 Å². The fraction of sp³-hybridized carbons (Fsp3) is 0.333. The largest absolute Gasteiger partial charge is 0.489 e. The molecule has 2 N–H and O–H groups in total. The number of hydrogen-bond acceptors (Lipinski definition) is 6. The summed E-state index contributed by atoms with van der Waals surface area (Å²) in [6.07, 6.45) is 0.856. The number of nitrogens with one attached hydrogen (secondary N) is 2. The van der Waals surface area contributed by atoms with Gasteiger partial charge in [0.2, 0.25) is 11.7 Å². The number of ether oxygens (including phenoxy) is 2. The van der Waals surface area contributed by atoms with Gasteiger partial charge in [-0.3, -0.25) is 4.79 Å². The molecule has 1 aromatic heterocycles. The lowest BCUT2D eigenvalue weighted by Gasteiger charge is -2.12. The molecule has 1 aliphatic rings. The van der Waals surface area contributed by atoms with Gasteiger partial charge in [0.25, 0.3) is 0 Å². The number of aromatic nitrogens is 4. The van der Waals surface area contributed by atoms with Crippen LogP contribution in [-0.2, 0) is 16.1 Å². The smallest absolute Gasteiger partial charge is 0.230 e. The van der Waals surface area contributed by atoms with E-state index in [2.05, 4.69) is 25.9 Å². The number of amides is 1. The summed E-state index contributed by atoms with van der Waals surface area (Å²) in [5.74, 6) is 1.25. The maximum atomic E-state index is 12.3. The zero-order valence-corrected chi connectivity index (χ0v) is 16.4. The summed E-state index contributed by atoms with van der Waals surface area (Å²) in [6, 6.07) is 13.5. The van der Waals surface area contributed by atoms with Crippen LogP contribution in [0.25, 0.3) is 11.4 Å². The van der Waals surface area contributed by atoms with Gasteiger partial charge in [0.05, 0.1) is 12.0 Å². The third kappa shape index (κ3) is 4.60. The lowest BCUT2D eigenvalue weighted by molar-refractivity contribution is -0.118. The van der Waals surface area contributed by atoms with Crippen LogP contribution in [0.4, 0.5) is 5.69 Å². The first kappa shape index (κ1) is 19.1. The predicted octanol–water partition coefficient (Wildman–Crippen LogP) is 3.12. The Morgan fingerprint density at radius 2 is 2.17 bits per heavy atom. The van der Waals surface area contributed by atoms with Gasteiger partial charge < -0.3 is 14.8 Å². The Morgan fingerprint density at radius 1 is 1.28 bits per heavy atom. The minimum absolute atomic E-state index is 0.0125. The van der Waals surface area contributed by atoms with Crippen molar-refractivity contribution in [1.29, 1.82) is 0 Å². The number of tetrazole rings is 1. The molecule has 150 valence electrons. The van der Waals surface area contributed by atoms with Crippen LogP contribution in [0.5, 0.6) is 5.75 Å². The molecule has 29 heavy (non-hydrogen) atoms. The van der Waals surface area contributed by atoms with Crippen LogP contribution in [0.15, 0.2) is 42.5 Å². The van der Waals surface area contributed by atoms with E-state index < -0.39 is 0 Å². The molecule has 4 rings (SSSR count). The average Bonchev–Trinajstić information content (AvgIpc) is 3.28. The van der Waals surface area contributed by atoms with E-state index in [-0.39, 0.29) is 17.9 Å². The van der Waals surface area contributed by atoms with Crippen LogP contribution >= 0.6 is 0 Å². The fourth-order valence-corrected chi connectivity index (χ4v) is 3.19. The summed E-state index contributed by atoms with van der Waals surface area (Å²) < 4.78 is 11.4. The van der Waals surface area contributed by atoms with Gasteiger partial charge in [-0.2, -0.15) is 5.21 Å². The Labute approximate surface area is 168 Å². The number of anilines is 1. The summed E-state index contributed by atoms with van der Waals surface area (Å²) in [4.78, 5) is 12.3. The van der Waals surface area contributed by atoms with Crippen molar-refractivity contribution in [3.63, 3.8) is 0 Å². The molecule has 0 radical (unpaired) electrons. The van der Waals surface area contributed by atoms with Crippen LogP contribution in [0.2, 0.25) is 0 Å². The molecule has 1 fully saturated rings. The SMILES string of the molecule is CCO[C@@H]1C[C@H]1C(=O)Nc1ccc(OCc2cccc(-c3nn[nH]n3)c2)cc1C. The average molecular weight is 393 g/mol. The van der Waals surface area contributed by atoms with E-state index in [0.717, 1.165) is 34.5 Å². The van der Waals surface area contributed by atoms with Crippen molar-refractivity contribution in [2.75, 3.05) is 11.9 Å². The van der Waals surface area contributed by atoms with E-state index in [1.54, 1.807) is 0 Å². The van der Waals surface area contributed by atoms with E-state index in [1.807, 2.05) is 56.3 Å². The zero-order chi connectivity index (χ0) is 20.2. The Hall–Kier alpha value is -3.26. The molecule has 1 heterocycles. The predicted molar refractivity (Wildman–Crippen MR) is 107 cm³/mol. The summed E-state index contributed by atoms with van der Waals surface area (Å²) in [6.45, 7) is 4.94. The fourth-order valence-electron chi connectivity index (χ4n) is 3.19. The number of hydrogen-bond donors (Lipinski definition) is 2. The molecule has 0 saturated heterocycles. The minimum Gasteiger partial charge on any atom is -0.489 e. The number of aryl methyl sites for hydroxylation is 1. The number of aromatic amines is 1. The maximum Gasteiger partial charge on any atom is 0.230 e. The van der Waals surface area contributed by atoms with Gasteiger partial charge in [-0.15, -0.1) is 10.2 Å². The second-order valence-corrected chi connectivity index (χ2v) is 7.03. The summed E-state index contributed by atoms with van der Waals surface area (Å²) in [5.41, 5.74) is 3.62. The van der Waals surface area contributed by atoms with Crippen molar-refractivity contribution < 1.29 is 14.3 Å². The van der Waals surface area contributed by atoms with Crippen LogP contribution < -0.4 is 10.1 Å². The number of H-pyrrole nitrogens is 1. The van der Waals surface area contributed by atoms with E-state index in [1.165, 1.54) is 0 Å². The summed E-state index contributed by atoms with van der Waals surface area (Å²) >= 11 is 0. The second kappa shape index (κ2) is 8.40. The van der Waals surface area contributed by atoms with Gasteiger partial charge in [-0.1, -0.05) is 18.2 Å². The van der Waals surface area contributed by atoms with Crippen LogP contribution in [0.1, 0.15) is 24.5 Å². The lowest BCUT2D eigenvalue weighted by atomic mass is 10.1. The molecule has 0 aliphatic heterocycles. The van der Waals surface area contributed by atoms with E-state index in [4.69, 9.17) is 9.47 Å². The standard InChI is InChI=1S/C21H23N5O3/c1-3-28-19-11-17(19)21(27)22-18-8-7-16(9-13(18)2)29-12-14-5-4-6-15(10-14)20-23-25-26-24-20/h4-10,17,19H,3,11-12H2,1-2H3,(H,22,27)(H,23,24,25,26)/t17-,19-/m1/s1. The molecule has 0 bridgehead atoms. The summed E-state index contributed by atoms with van der Waals surface area (Å²) in [5, 5.41) is 17.0. The molecule has 8 nitrogen and oxygen atoms in total. The number of benzene rings is 2. The second-order valence-electron chi connectivity index (χ2n) is 7.03. The van der Waals surface area contributed by atoms with Crippen molar-refractivity contribution in [1.82, 2.24) is 20.6 Å². The first-order valence-corrected chi connectivity index (χ1v) is 9.62. The molecule has 2 atom stereocenters. The van der Waals surface area contributed by atoms with E-state index in [9.17, 15) is 4.79 Å². The molecule has 1 amide bonds. The zero-order valence-electron chi connectivity index (χ0n) is 16.4. The molecular weight excluding hydrogens is 370 g/mol. The van der Waals surface area contributed by atoms with Gasteiger partial charge in [-0.05, 0) is 60.9 Å². The van der Waals surface area contributed by atoms with Gasteiger partial charge in [0.1, 0.15) is 12.4 Å². The number of rotatable bonds is 8. The van der Waals surface area contributed by atoms with Crippen LogP contribution in [0.3, 0.4) is 0 Å². The van der Waals surface area contributed by atoms with Gasteiger partial charge in [0.15, 0.2) is 0 Å². The Kier molecular flexibility index (Phi) is 5.53. The molecule has 3 aromatic rings. The third-order valence-corrected chi connectivity index (χ3v) is 4.84. The number of carbonyl (C=O) groups is 1. The number of nitrogens with zero attached hydrogens (tertiary/aromatic N) is 3. The highest BCUT2D eigenvalue weighted by atomic mass is 16.5. The first-order chi connectivity index (χ1) is 14.1. The lowest BCUT2D eigenvalue weighted by Crippen LogP contribution is -2.17. The normalized spacial score (nSPS) is 17.7. The highest BCUT2D eigenvalue weighted by Crippen LogP contribution is 2.35. The van der Waals surface area contributed by atoms with Crippen molar-refractivity contribution in [2.24, 2.45) is 5.92 Å². The maximum absolute atomic E-state index is 12.3. The first-order valence-electron chi connectivity index (χ1n) is 9.62. The van der Waals surface area contributed by atoms with Gasteiger partial charge >= 0.3 is 0 Å². The molecular formula is C21H23N5O3. The quantitative estimate of drug-likeness (QED) is 0.610. The molecule has 0 unspecified atom stereocenters.